The van der Waals surface area contributed by atoms with Crippen LogP contribution in [-0.4, -0.2) is 41.0 Å². The van der Waals surface area contributed by atoms with Gasteiger partial charge in [-0.2, -0.15) is 0 Å². The van der Waals surface area contributed by atoms with Crippen LogP contribution in [0.5, 0.6) is 0 Å². The van der Waals surface area contributed by atoms with Gasteiger partial charge in [-0.15, -0.1) is 0 Å². The normalized spacial score (nSPS) is 14.5. The number of nitrogens with zero attached hydrogens (tertiary/aromatic N) is 1. The number of carbonyl (C=O) groups excluding carboxylic acids is 1. The minimum Gasteiger partial charge on any atom is -0.469 e. The number of hydroxylamine groups is 2. The maximum Gasteiger partial charge on any atom is 0.307 e. The molecule has 0 unspecified atom stereocenters. The second-order valence-corrected chi connectivity index (χ2v) is 21.4. The van der Waals surface area contributed by atoms with Gasteiger partial charge >= 0.3 is 5.97 Å². The van der Waals surface area contributed by atoms with E-state index < -0.39 is 16.6 Å². The van der Waals surface area contributed by atoms with E-state index in [4.69, 9.17) is 25.4 Å². The van der Waals surface area contributed by atoms with Gasteiger partial charge in [0.1, 0.15) is 0 Å². The summed E-state index contributed by atoms with van der Waals surface area (Å²) in [6.07, 6.45) is 1.67. The number of aryl methyl sites for hydroxylation is 1. The molecule has 0 aromatic heterocycles. The Bertz CT molecular complexity index is 712. The predicted molar refractivity (Wildman–Crippen MR) is 139 cm³/mol. The molecule has 0 heterocycles. The van der Waals surface area contributed by atoms with Crippen molar-refractivity contribution in [2.75, 3.05) is 7.11 Å². The first-order valence-corrected chi connectivity index (χ1v) is 17.6. The molecule has 0 N–H and O–H groups in total. The fourth-order valence-electron chi connectivity index (χ4n) is 2.43. The zero-order chi connectivity index (χ0) is 25.0. The van der Waals surface area contributed by atoms with E-state index in [2.05, 4.69) is 67.7 Å². The van der Waals surface area contributed by atoms with Crippen molar-refractivity contribution < 1.29 is 18.6 Å². The lowest BCUT2D eigenvalue weighted by molar-refractivity contribution is -0.303. The average Bonchev–Trinajstić information content (AvgIpc) is 2.63. The van der Waals surface area contributed by atoms with E-state index in [0.717, 1.165) is 12.0 Å². The molecule has 0 aliphatic heterocycles. The number of ether oxygens (including phenoxy) is 1. The second-order valence-electron chi connectivity index (χ2n) is 11.6. The van der Waals surface area contributed by atoms with Gasteiger partial charge < -0.3 is 13.8 Å². The van der Waals surface area contributed by atoms with Gasteiger partial charge in [-0.3, -0.25) is 4.79 Å². The van der Waals surface area contributed by atoms with Crippen LogP contribution in [-0.2, 0) is 25.0 Å². The number of methoxy groups -OCH3 is 1. The fraction of sp³-hybridized carbons (Fsp3) is 0.708. The van der Waals surface area contributed by atoms with Crippen LogP contribution in [0.1, 0.15) is 59.9 Å². The third kappa shape index (κ3) is 8.58. The fourth-order valence-corrected chi connectivity index (χ4v) is 4.45. The van der Waals surface area contributed by atoms with Crippen LogP contribution in [0.25, 0.3) is 0 Å². The Labute approximate surface area is 202 Å². The molecule has 0 saturated carbocycles. The molecule has 32 heavy (non-hydrogen) atoms. The number of hydrogen-bond donors (Lipinski definition) is 0. The number of halogens is 1. The predicted octanol–water partition coefficient (Wildman–Crippen LogP) is 7.38. The van der Waals surface area contributed by atoms with E-state index in [9.17, 15) is 4.79 Å². The molecule has 0 fully saturated rings. The third-order valence-corrected chi connectivity index (χ3v) is 15.6. The molecule has 0 radical (unpaired) electrons. The summed E-state index contributed by atoms with van der Waals surface area (Å²) in [7, 11) is -3.00. The first-order chi connectivity index (χ1) is 14.4. The van der Waals surface area contributed by atoms with Gasteiger partial charge in [-0.1, -0.05) is 70.5 Å². The molecule has 1 atom stereocenters. The topological polar surface area (TPSA) is 48.0 Å². The highest BCUT2D eigenvalue weighted by Gasteiger charge is 2.46. The van der Waals surface area contributed by atoms with Crippen LogP contribution >= 0.6 is 11.6 Å². The summed E-state index contributed by atoms with van der Waals surface area (Å²) in [5.41, 5.74) is 1.16. The quantitative estimate of drug-likeness (QED) is 0.190. The second kappa shape index (κ2) is 11.1. The van der Waals surface area contributed by atoms with Gasteiger partial charge in [0.2, 0.25) is 16.6 Å². The Morgan fingerprint density at radius 2 is 1.38 bits per heavy atom. The Morgan fingerprint density at radius 1 is 0.938 bits per heavy atom. The summed E-state index contributed by atoms with van der Waals surface area (Å²) in [5.74, 6) is -0.270. The van der Waals surface area contributed by atoms with Crippen LogP contribution < -0.4 is 0 Å². The zero-order valence-corrected chi connectivity index (χ0v) is 24.7. The maximum atomic E-state index is 12.4. The van der Waals surface area contributed by atoms with Gasteiger partial charge in [0.25, 0.3) is 0 Å². The van der Waals surface area contributed by atoms with Crippen LogP contribution in [0.4, 0.5) is 0 Å². The minimum atomic E-state index is -2.21. The molecular formula is C24H44ClNO4Si2. The molecule has 1 rings (SSSR count). The maximum absolute atomic E-state index is 12.4. The Balaban J connectivity index is 3.29. The summed E-state index contributed by atoms with van der Waals surface area (Å²) < 4.78 is 18.4. The number of rotatable bonds is 10. The van der Waals surface area contributed by atoms with Gasteiger partial charge in [0.05, 0.1) is 19.6 Å². The van der Waals surface area contributed by atoms with Crippen molar-refractivity contribution in [3.8, 4) is 0 Å². The number of hydrogen-bond acceptors (Lipinski definition) is 5. The average molecular weight is 502 g/mol. The standard InChI is InChI=1S/C24H44ClNO4Si2/c1-23(2,3)31(8,9)29-26(30-32(10,11)24(4,5)6)21(18-22(27)28-7)17-14-19-12-15-20(25)16-13-19/h12-13,15-16,21H,14,17-18H2,1-11H3/t21-/m1/s1. The van der Waals surface area contributed by atoms with E-state index in [-0.39, 0.29) is 28.5 Å². The van der Waals surface area contributed by atoms with Crippen LogP contribution in [0.3, 0.4) is 0 Å². The van der Waals surface area contributed by atoms with Gasteiger partial charge in [-0.05, 0) is 66.8 Å². The summed E-state index contributed by atoms with van der Waals surface area (Å²) >= 11 is 6.04. The largest absolute Gasteiger partial charge is 0.469 e. The Hall–Kier alpha value is -0.706. The highest BCUT2D eigenvalue weighted by molar-refractivity contribution is 6.74. The SMILES string of the molecule is COC(=O)C[C@@H](CCc1ccc(Cl)cc1)N(O[Si](C)(C)C(C)(C)C)O[Si](C)(C)C(C)(C)C. The molecule has 0 aliphatic rings. The van der Waals surface area contributed by atoms with Crippen LogP contribution in [0.15, 0.2) is 24.3 Å². The molecule has 5 nitrogen and oxygen atoms in total. The molecule has 0 bridgehead atoms. The lowest BCUT2D eigenvalue weighted by atomic mass is 10.0. The summed E-state index contributed by atoms with van der Waals surface area (Å²) in [4.78, 5) is 12.4. The van der Waals surface area contributed by atoms with Crippen molar-refractivity contribution >= 4 is 34.2 Å². The number of carbonyl (C=O) groups is 1. The smallest absolute Gasteiger partial charge is 0.307 e. The molecular weight excluding hydrogens is 458 g/mol. The highest BCUT2D eigenvalue weighted by Crippen LogP contribution is 2.41. The third-order valence-electron chi connectivity index (χ3n) is 6.86. The highest BCUT2D eigenvalue weighted by atomic mass is 35.5. The number of esters is 1. The van der Waals surface area contributed by atoms with Crippen molar-refractivity contribution in [3.05, 3.63) is 34.9 Å². The Kier molecular flexibility index (Phi) is 10.2. The first-order valence-electron chi connectivity index (χ1n) is 11.4. The molecule has 1 aromatic rings. The summed E-state index contributed by atoms with van der Waals surface area (Å²) in [5, 5.41) is 2.40. The lowest BCUT2D eigenvalue weighted by Crippen LogP contribution is -2.55. The molecule has 0 amide bonds. The minimum absolute atomic E-state index is 0.00592. The molecule has 1 aromatic carbocycles. The van der Waals surface area contributed by atoms with E-state index in [1.165, 1.54) is 7.11 Å². The van der Waals surface area contributed by atoms with Gasteiger partial charge in [-0.25, -0.2) is 0 Å². The molecule has 184 valence electrons. The molecule has 0 aliphatic carbocycles. The van der Waals surface area contributed by atoms with E-state index in [1.54, 1.807) is 5.23 Å². The van der Waals surface area contributed by atoms with Gasteiger partial charge in [0.15, 0.2) is 0 Å². The van der Waals surface area contributed by atoms with Crippen LogP contribution in [0.2, 0.25) is 41.3 Å². The van der Waals surface area contributed by atoms with E-state index in [1.807, 2.05) is 24.3 Å². The zero-order valence-electron chi connectivity index (χ0n) is 22.0. The van der Waals surface area contributed by atoms with E-state index in [0.29, 0.717) is 11.4 Å². The molecule has 0 spiro atoms. The summed E-state index contributed by atoms with van der Waals surface area (Å²) in [6, 6.07) is 7.56. The summed E-state index contributed by atoms with van der Waals surface area (Å²) in [6.45, 7) is 22.0. The monoisotopic (exact) mass is 501 g/mol. The number of benzene rings is 1. The van der Waals surface area contributed by atoms with Crippen molar-refractivity contribution in [1.82, 2.24) is 5.23 Å². The van der Waals surface area contributed by atoms with Gasteiger partial charge in [0, 0.05) is 5.02 Å². The van der Waals surface area contributed by atoms with Crippen molar-refractivity contribution in [3.63, 3.8) is 0 Å². The van der Waals surface area contributed by atoms with Crippen LogP contribution in [0, 0.1) is 0 Å². The Morgan fingerprint density at radius 3 is 1.75 bits per heavy atom. The van der Waals surface area contributed by atoms with Crippen molar-refractivity contribution in [1.29, 1.82) is 0 Å². The lowest BCUT2D eigenvalue weighted by Gasteiger charge is -2.46. The molecule has 8 heteroatoms. The first kappa shape index (κ1) is 29.3. The van der Waals surface area contributed by atoms with Crippen molar-refractivity contribution in [2.45, 2.75) is 103 Å². The van der Waals surface area contributed by atoms with Crippen molar-refractivity contribution in [2.24, 2.45) is 0 Å². The van der Waals surface area contributed by atoms with E-state index >= 15 is 0 Å². The molecule has 0 saturated heterocycles.